The standard InChI is InChI=1S/C12H16ClFN2O2S/c13-9-5-10(14)11(15)6-12(9)19(17,18)16-7-8-3-1-2-4-8/h5-6,8,16H,1-4,7,15H2. The average Bonchev–Trinajstić information content (AvgIpc) is 2.84. The van der Waals surface area contributed by atoms with Crippen molar-refractivity contribution < 1.29 is 12.8 Å². The number of anilines is 1. The van der Waals surface area contributed by atoms with Gasteiger partial charge in [-0.05, 0) is 30.9 Å². The van der Waals surface area contributed by atoms with E-state index in [4.69, 9.17) is 17.3 Å². The highest BCUT2D eigenvalue weighted by Crippen LogP contribution is 2.27. The number of hydrogen-bond donors (Lipinski definition) is 2. The van der Waals surface area contributed by atoms with Crippen molar-refractivity contribution in [3.05, 3.63) is 23.0 Å². The first kappa shape index (κ1) is 14.6. The number of halogens is 2. The van der Waals surface area contributed by atoms with Crippen molar-refractivity contribution in [1.29, 1.82) is 0 Å². The molecule has 4 nitrogen and oxygen atoms in total. The molecule has 0 aliphatic heterocycles. The Bertz CT molecular complexity index is 571. The second-order valence-electron chi connectivity index (χ2n) is 4.81. The molecule has 1 aromatic carbocycles. The summed E-state index contributed by atoms with van der Waals surface area (Å²) in [6, 6.07) is 1.97. The van der Waals surface area contributed by atoms with E-state index in [1.54, 1.807) is 0 Å². The zero-order chi connectivity index (χ0) is 14.0. The molecule has 0 saturated heterocycles. The van der Waals surface area contributed by atoms with Gasteiger partial charge in [0, 0.05) is 6.54 Å². The van der Waals surface area contributed by atoms with Crippen molar-refractivity contribution >= 4 is 27.3 Å². The van der Waals surface area contributed by atoms with Crippen LogP contribution in [0.3, 0.4) is 0 Å². The van der Waals surface area contributed by atoms with Crippen LogP contribution in [0.25, 0.3) is 0 Å². The van der Waals surface area contributed by atoms with Crippen LogP contribution in [0.15, 0.2) is 17.0 Å². The minimum absolute atomic E-state index is 0.161. The van der Waals surface area contributed by atoms with E-state index in [-0.39, 0.29) is 15.6 Å². The minimum atomic E-state index is -3.75. The molecule has 19 heavy (non-hydrogen) atoms. The van der Waals surface area contributed by atoms with Gasteiger partial charge >= 0.3 is 0 Å². The van der Waals surface area contributed by atoms with Crippen LogP contribution in [0.4, 0.5) is 10.1 Å². The van der Waals surface area contributed by atoms with Crippen LogP contribution in [0, 0.1) is 11.7 Å². The van der Waals surface area contributed by atoms with Crippen LogP contribution in [0.1, 0.15) is 25.7 Å². The van der Waals surface area contributed by atoms with Crippen molar-refractivity contribution in [1.82, 2.24) is 4.72 Å². The summed E-state index contributed by atoms with van der Waals surface area (Å²) in [6.07, 6.45) is 4.33. The lowest BCUT2D eigenvalue weighted by Gasteiger charge is -2.12. The monoisotopic (exact) mass is 306 g/mol. The van der Waals surface area contributed by atoms with Crippen molar-refractivity contribution in [3.8, 4) is 0 Å². The molecule has 1 fully saturated rings. The van der Waals surface area contributed by atoms with Gasteiger partial charge in [0.05, 0.1) is 10.7 Å². The maximum atomic E-state index is 13.2. The summed E-state index contributed by atoms with van der Waals surface area (Å²) in [5, 5.41) is -0.161. The molecule has 0 unspecified atom stereocenters. The van der Waals surface area contributed by atoms with Crippen LogP contribution in [-0.2, 0) is 10.0 Å². The maximum absolute atomic E-state index is 13.2. The summed E-state index contributed by atoms with van der Waals surface area (Å²) >= 11 is 5.77. The summed E-state index contributed by atoms with van der Waals surface area (Å²) in [6.45, 7) is 0.385. The molecular formula is C12H16ClFN2O2S. The predicted molar refractivity (Wildman–Crippen MR) is 73.0 cm³/mol. The minimum Gasteiger partial charge on any atom is -0.396 e. The van der Waals surface area contributed by atoms with Gasteiger partial charge in [-0.25, -0.2) is 17.5 Å². The van der Waals surface area contributed by atoms with Crippen LogP contribution >= 0.6 is 11.6 Å². The Labute approximate surface area is 117 Å². The van der Waals surface area contributed by atoms with Crippen molar-refractivity contribution in [2.24, 2.45) is 5.92 Å². The number of hydrogen-bond acceptors (Lipinski definition) is 3. The predicted octanol–water partition coefficient (Wildman–Crippen LogP) is 2.53. The largest absolute Gasteiger partial charge is 0.396 e. The molecule has 0 amide bonds. The topological polar surface area (TPSA) is 72.2 Å². The molecule has 1 saturated carbocycles. The Morgan fingerprint density at radius 2 is 2.00 bits per heavy atom. The lowest BCUT2D eigenvalue weighted by atomic mass is 10.1. The molecule has 0 bridgehead atoms. The molecule has 106 valence electrons. The van der Waals surface area contributed by atoms with Crippen molar-refractivity contribution in [3.63, 3.8) is 0 Å². The summed E-state index contributed by atoms with van der Waals surface area (Å²) in [5.74, 6) is -0.355. The number of nitrogens with two attached hydrogens (primary N) is 1. The lowest BCUT2D eigenvalue weighted by Crippen LogP contribution is -2.28. The van der Waals surface area contributed by atoms with Crippen molar-refractivity contribution in [2.45, 2.75) is 30.6 Å². The SMILES string of the molecule is Nc1cc(S(=O)(=O)NCC2CCCC2)c(Cl)cc1F. The van der Waals surface area contributed by atoms with Crippen molar-refractivity contribution in [2.75, 3.05) is 12.3 Å². The number of rotatable bonds is 4. The molecule has 1 aliphatic carbocycles. The van der Waals surface area contributed by atoms with E-state index in [1.165, 1.54) is 0 Å². The van der Waals surface area contributed by atoms with Gasteiger partial charge in [-0.15, -0.1) is 0 Å². The molecule has 0 atom stereocenters. The maximum Gasteiger partial charge on any atom is 0.242 e. The van der Waals surface area contributed by atoms with E-state index in [2.05, 4.69) is 4.72 Å². The zero-order valence-corrected chi connectivity index (χ0v) is 11.9. The van der Waals surface area contributed by atoms with Crippen LogP contribution in [0.2, 0.25) is 5.02 Å². The average molecular weight is 307 g/mol. The van der Waals surface area contributed by atoms with E-state index < -0.39 is 15.8 Å². The zero-order valence-electron chi connectivity index (χ0n) is 10.3. The molecule has 7 heteroatoms. The second-order valence-corrected chi connectivity index (χ2v) is 6.95. The Kier molecular flexibility index (Phi) is 4.32. The van der Waals surface area contributed by atoms with Gasteiger partial charge in [-0.2, -0.15) is 0 Å². The van der Waals surface area contributed by atoms with Gasteiger partial charge in [-0.3, -0.25) is 0 Å². The highest BCUT2D eigenvalue weighted by atomic mass is 35.5. The van der Waals surface area contributed by atoms with E-state index in [1.807, 2.05) is 0 Å². The van der Waals surface area contributed by atoms with Gasteiger partial charge in [-0.1, -0.05) is 24.4 Å². The molecule has 2 rings (SSSR count). The summed E-state index contributed by atoms with van der Waals surface area (Å²) in [5.41, 5.74) is 5.15. The first-order valence-electron chi connectivity index (χ1n) is 6.14. The fourth-order valence-electron chi connectivity index (χ4n) is 2.27. The molecular weight excluding hydrogens is 291 g/mol. The Balaban J connectivity index is 2.16. The Morgan fingerprint density at radius 3 is 2.63 bits per heavy atom. The van der Waals surface area contributed by atoms with Gasteiger partial charge < -0.3 is 5.73 Å². The van der Waals surface area contributed by atoms with E-state index in [0.29, 0.717) is 12.5 Å². The third kappa shape index (κ3) is 3.38. The van der Waals surface area contributed by atoms with E-state index >= 15 is 0 Å². The second kappa shape index (κ2) is 5.64. The number of nitrogens with one attached hydrogen (secondary N) is 1. The van der Waals surface area contributed by atoms with E-state index in [0.717, 1.165) is 37.8 Å². The highest BCUT2D eigenvalue weighted by molar-refractivity contribution is 7.89. The fraction of sp³-hybridized carbons (Fsp3) is 0.500. The third-order valence-corrected chi connectivity index (χ3v) is 5.27. The molecule has 0 aromatic heterocycles. The van der Waals surface area contributed by atoms with Gasteiger partial charge in [0.1, 0.15) is 10.7 Å². The molecule has 0 radical (unpaired) electrons. The fourth-order valence-corrected chi connectivity index (χ4v) is 3.93. The quantitative estimate of drug-likeness (QED) is 0.840. The van der Waals surface area contributed by atoms with Crippen LogP contribution < -0.4 is 10.5 Å². The summed E-state index contributed by atoms with van der Waals surface area (Å²) in [4.78, 5) is -0.175. The Hall–Kier alpha value is -0.850. The van der Waals surface area contributed by atoms with Crippen LogP contribution in [-0.4, -0.2) is 15.0 Å². The first-order valence-corrected chi connectivity index (χ1v) is 8.00. The molecule has 1 aromatic rings. The molecule has 0 heterocycles. The third-order valence-electron chi connectivity index (χ3n) is 3.38. The van der Waals surface area contributed by atoms with Gasteiger partial charge in [0.15, 0.2) is 0 Å². The number of sulfonamides is 1. The number of nitrogen functional groups attached to an aromatic ring is 1. The molecule has 1 aliphatic rings. The molecule has 3 N–H and O–H groups in total. The van der Waals surface area contributed by atoms with Crippen LogP contribution in [0.5, 0.6) is 0 Å². The smallest absolute Gasteiger partial charge is 0.242 e. The van der Waals surface area contributed by atoms with E-state index in [9.17, 15) is 12.8 Å². The van der Waals surface area contributed by atoms with Gasteiger partial charge in [0.25, 0.3) is 0 Å². The summed E-state index contributed by atoms with van der Waals surface area (Å²) < 4.78 is 39.9. The highest BCUT2D eigenvalue weighted by Gasteiger charge is 2.22. The lowest BCUT2D eigenvalue weighted by molar-refractivity contribution is 0.519. The number of benzene rings is 1. The first-order chi connectivity index (χ1) is 8.90. The molecule has 0 spiro atoms. The summed E-state index contributed by atoms with van der Waals surface area (Å²) in [7, 11) is -3.75. The van der Waals surface area contributed by atoms with Gasteiger partial charge in [0.2, 0.25) is 10.0 Å². The normalized spacial score (nSPS) is 16.9. The Morgan fingerprint density at radius 1 is 1.37 bits per heavy atom.